The van der Waals surface area contributed by atoms with Crippen LogP contribution in [-0.4, -0.2) is 3.21 Å². The Balaban J connectivity index is 0.000000217. The van der Waals surface area contributed by atoms with Crippen LogP contribution in [0.15, 0.2) is 120 Å². The number of allylic oxidation sites excluding steroid dienone is 6. The fraction of sp³-hybridized carbons (Fsp3) is 0.426. The fourth-order valence-corrected chi connectivity index (χ4v) is 11.6. The van der Waals surface area contributed by atoms with Crippen LogP contribution in [0, 0.1) is 33.5 Å². The average Bonchev–Trinajstić information content (AvgIpc) is 3.80. The molecule has 0 amide bonds. The molecule has 0 aromatic heterocycles. The summed E-state index contributed by atoms with van der Waals surface area (Å²) in [6.45, 7) is 29.3. The van der Waals surface area contributed by atoms with Gasteiger partial charge in [0.2, 0.25) is 0 Å². The number of halogens is 4. The van der Waals surface area contributed by atoms with Crippen LogP contribution < -0.4 is 24.8 Å². The number of benzene rings is 3. The second-order valence-corrected chi connectivity index (χ2v) is 21.8. The van der Waals surface area contributed by atoms with Crippen molar-refractivity contribution in [3.63, 3.8) is 0 Å². The maximum Gasteiger partial charge on any atom is -1.00 e. The number of aryl methyl sites for hydroxylation is 1. The van der Waals surface area contributed by atoms with Crippen LogP contribution in [0.3, 0.4) is 0 Å². The van der Waals surface area contributed by atoms with E-state index in [2.05, 4.69) is 150 Å². The molecule has 0 heterocycles. The molecular formula is C54H64Cl4Zr-2. The summed E-state index contributed by atoms with van der Waals surface area (Å²) in [6, 6.07) is 31.8. The van der Waals surface area contributed by atoms with E-state index in [4.69, 9.17) is 23.2 Å². The predicted octanol–water partition coefficient (Wildman–Crippen LogP) is 9.74. The van der Waals surface area contributed by atoms with Crippen molar-refractivity contribution in [1.29, 1.82) is 0 Å². The molecule has 314 valence electrons. The molecular weight excluding hydrogens is 882 g/mol. The van der Waals surface area contributed by atoms with Gasteiger partial charge in [0, 0.05) is 0 Å². The van der Waals surface area contributed by atoms with Gasteiger partial charge < -0.3 is 24.8 Å². The fourth-order valence-electron chi connectivity index (χ4n) is 10.4. The van der Waals surface area contributed by atoms with Crippen LogP contribution in [-0.2, 0) is 42.5 Å². The van der Waals surface area contributed by atoms with Crippen LogP contribution in [0.25, 0.3) is 5.57 Å². The Morgan fingerprint density at radius 1 is 0.831 bits per heavy atom. The van der Waals surface area contributed by atoms with Crippen LogP contribution in [0.1, 0.15) is 136 Å². The van der Waals surface area contributed by atoms with Gasteiger partial charge in [-0.25, -0.2) is 12.0 Å². The summed E-state index contributed by atoms with van der Waals surface area (Å²) in [6.07, 6.45) is 11.0. The SMILES string of the molecule is CCCc1cc(C(C)(C)C)c[cH-]1.C[C-]1C2=C3Cc4ccccc4C3=C3C=CCCC3C2(C)C(C)(C)C(C)(C)C1(C)C.Clc1cccc([C](=[Zr+2])c2cccc(Cl)c2)c1.[Cl-].[Cl-]. The maximum absolute atomic E-state index is 5.98. The third kappa shape index (κ3) is 8.96. The van der Waals surface area contributed by atoms with Crippen molar-refractivity contribution in [2.75, 3.05) is 0 Å². The van der Waals surface area contributed by atoms with E-state index in [9.17, 15) is 0 Å². The Morgan fingerprint density at radius 2 is 1.42 bits per heavy atom. The van der Waals surface area contributed by atoms with Crippen LogP contribution in [0.2, 0.25) is 10.0 Å². The zero-order valence-electron chi connectivity index (χ0n) is 37.4. The minimum absolute atomic E-state index is 0. The van der Waals surface area contributed by atoms with E-state index in [-0.39, 0.29) is 46.5 Å². The summed E-state index contributed by atoms with van der Waals surface area (Å²) >= 11 is 13.3. The Morgan fingerprint density at radius 3 is 1.97 bits per heavy atom. The quantitative estimate of drug-likeness (QED) is 0.179. The number of rotatable bonds is 4. The molecule has 0 N–H and O–H groups in total. The van der Waals surface area contributed by atoms with Gasteiger partial charge in [-0.05, 0) is 40.6 Å². The van der Waals surface area contributed by atoms with Gasteiger partial charge >= 0.3 is 120 Å². The first-order valence-corrected chi connectivity index (χ1v) is 23.1. The van der Waals surface area contributed by atoms with Gasteiger partial charge in [0.25, 0.3) is 0 Å². The molecule has 59 heavy (non-hydrogen) atoms. The molecule has 8 rings (SSSR count). The second-order valence-electron chi connectivity index (χ2n) is 19.7. The van der Waals surface area contributed by atoms with Gasteiger partial charge in [-0.1, -0.05) is 159 Å². The molecule has 5 heteroatoms. The van der Waals surface area contributed by atoms with Gasteiger partial charge in [-0.3, -0.25) is 0 Å². The molecule has 4 aliphatic rings. The van der Waals surface area contributed by atoms with E-state index >= 15 is 0 Å². The standard InChI is InChI=1S/C29H37.C13H8Cl2.C12H19.2ClH.Zr/c1-18-25-22-17-19-13-9-10-14-20(19)24(22)21-15-11-12-16-23(21)29(25,8)28(6,7)27(4,5)26(18,2)3;14-12-5-1-3-10(8-12)7-11-4-2-6-13(15)9-11;1-5-6-10-7-8-11(9-10)12(2,3)4;;;/h9-11,13-15,23H,12,16-17H2,1-8H3;1-6,8-9H;7-9H,5-6H2,1-4H3;2*1H;/q-1;;-1;;;+2/p-2. The Kier molecular flexibility index (Phi) is 15.8. The molecule has 0 bridgehead atoms. The zero-order chi connectivity index (χ0) is 41.7. The summed E-state index contributed by atoms with van der Waals surface area (Å²) in [5.74, 6) is 2.24. The molecule has 2 atom stereocenters. The van der Waals surface area contributed by atoms with Crippen molar-refractivity contribution in [1.82, 2.24) is 0 Å². The molecule has 1 fully saturated rings. The third-order valence-corrected chi connectivity index (χ3v) is 17.1. The minimum atomic E-state index is 0. The van der Waals surface area contributed by atoms with Crippen molar-refractivity contribution in [2.24, 2.45) is 27.6 Å². The topological polar surface area (TPSA) is 0 Å². The molecule has 1 saturated carbocycles. The van der Waals surface area contributed by atoms with Crippen molar-refractivity contribution in [3.05, 3.63) is 169 Å². The summed E-state index contributed by atoms with van der Waals surface area (Å²) in [5.41, 5.74) is 15.9. The monoisotopic (exact) mass is 942 g/mol. The molecule has 0 radical (unpaired) electrons. The first-order valence-electron chi connectivity index (χ1n) is 21.1. The zero-order valence-corrected chi connectivity index (χ0v) is 42.9. The Hall–Kier alpha value is -1.99. The first-order chi connectivity index (χ1) is 26.7. The minimum Gasteiger partial charge on any atom is -1.00 e. The normalized spacial score (nSPS) is 21.6. The Bertz CT molecular complexity index is 2190. The summed E-state index contributed by atoms with van der Waals surface area (Å²) < 4.78 is 1.26. The molecule has 2 unspecified atom stereocenters. The van der Waals surface area contributed by atoms with Crippen molar-refractivity contribution >= 4 is 32.0 Å². The summed E-state index contributed by atoms with van der Waals surface area (Å²) in [4.78, 5) is 0. The van der Waals surface area contributed by atoms with Crippen molar-refractivity contribution in [2.45, 2.75) is 121 Å². The molecule has 4 aliphatic carbocycles. The molecule has 0 spiro atoms. The van der Waals surface area contributed by atoms with E-state index in [0.717, 1.165) is 27.6 Å². The molecule has 4 aromatic carbocycles. The molecule has 4 aromatic rings. The largest absolute Gasteiger partial charge is 1.00 e. The predicted molar refractivity (Wildman–Crippen MR) is 245 cm³/mol. The van der Waals surface area contributed by atoms with E-state index < -0.39 is 0 Å². The molecule has 0 aliphatic heterocycles. The number of fused-ring (bicyclic) bond motifs is 6. The second kappa shape index (κ2) is 18.8. The average molecular weight is 946 g/mol. The van der Waals surface area contributed by atoms with Crippen molar-refractivity contribution < 1.29 is 49.0 Å². The number of hydrogen-bond donors (Lipinski definition) is 0. The summed E-state index contributed by atoms with van der Waals surface area (Å²) in [7, 11) is 0. The maximum atomic E-state index is 5.98. The smallest absolute Gasteiger partial charge is 1.00 e. The first kappa shape index (κ1) is 49.7. The van der Waals surface area contributed by atoms with Gasteiger partial charge in [-0.15, -0.1) is 6.92 Å². The van der Waals surface area contributed by atoms with Crippen LogP contribution >= 0.6 is 23.2 Å². The van der Waals surface area contributed by atoms with Gasteiger partial charge in [-0.2, -0.15) is 34.4 Å². The summed E-state index contributed by atoms with van der Waals surface area (Å²) in [5, 5.41) is 1.53. The Labute approximate surface area is 395 Å². The van der Waals surface area contributed by atoms with Gasteiger partial charge in [0.05, 0.1) is 0 Å². The van der Waals surface area contributed by atoms with E-state index in [0.29, 0.717) is 11.3 Å². The van der Waals surface area contributed by atoms with E-state index in [1.807, 2.05) is 36.4 Å². The number of hydrogen-bond acceptors (Lipinski definition) is 0. The van der Waals surface area contributed by atoms with Crippen molar-refractivity contribution in [3.8, 4) is 0 Å². The van der Waals surface area contributed by atoms with Gasteiger partial charge in [0.1, 0.15) is 0 Å². The van der Waals surface area contributed by atoms with Gasteiger partial charge in [0.15, 0.2) is 0 Å². The van der Waals surface area contributed by atoms with Crippen LogP contribution in [0.5, 0.6) is 0 Å². The van der Waals surface area contributed by atoms with Crippen LogP contribution in [0.4, 0.5) is 0 Å². The molecule has 0 nitrogen and oxygen atoms in total. The van der Waals surface area contributed by atoms with E-state index in [1.54, 1.807) is 28.2 Å². The molecule has 0 saturated heterocycles. The third-order valence-electron chi connectivity index (χ3n) is 15.2. The van der Waals surface area contributed by atoms with E-state index in [1.165, 1.54) is 75.4 Å².